The van der Waals surface area contributed by atoms with Gasteiger partial charge in [-0.05, 0) is 51.4 Å². The van der Waals surface area contributed by atoms with Crippen molar-refractivity contribution in [3.8, 4) is 0 Å². The van der Waals surface area contributed by atoms with Gasteiger partial charge in [-0.25, -0.2) is 0 Å². The van der Waals surface area contributed by atoms with E-state index < -0.39 is 124 Å². The molecule has 0 aliphatic carbocycles. The number of amides is 1. The second kappa shape index (κ2) is 57.6. The number of allylic oxidation sites excluding steroid dienone is 6. The lowest BCUT2D eigenvalue weighted by atomic mass is 9.96. The van der Waals surface area contributed by atoms with Crippen molar-refractivity contribution in [3.63, 3.8) is 0 Å². The summed E-state index contributed by atoms with van der Waals surface area (Å²) in [6.45, 7) is 1.82. The van der Waals surface area contributed by atoms with E-state index in [1.807, 2.05) is 0 Å². The van der Waals surface area contributed by atoms with Gasteiger partial charge in [0.05, 0.1) is 38.6 Å². The standard InChI is InChI=1S/C76H141NO18/c1-3-5-7-9-11-13-15-17-19-21-23-25-26-27-28-29-30-31-32-34-35-37-39-41-43-45-47-49-51-53-60(81)59(77-64(82)54-52-50-48-46-44-42-40-38-36-33-24-22-20-18-16-14-12-10-8-6-4-2)58-90-74-70(88)67(85)72(62(56-79)92-74)95-76-71(89)68(86)73(63(57-80)93-76)94-75-69(87)66(84)65(83)61(55-78)91-75/h16,18,22,24,36,38,59-63,65-76,78-81,83-89H,3-15,17,19-21,23,25-35,37,39-58H2,1-2H3,(H,77,82)/b18-16-,24-22-,38-36-. The number of carbonyl (C=O) groups excluding carboxylic acids is 1. The highest BCUT2D eigenvalue weighted by atomic mass is 16.8. The van der Waals surface area contributed by atoms with Gasteiger partial charge in [0.15, 0.2) is 18.9 Å². The van der Waals surface area contributed by atoms with E-state index in [1.54, 1.807) is 0 Å². The topological polar surface area (TPSA) is 307 Å². The van der Waals surface area contributed by atoms with Crippen LogP contribution in [0.3, 0.4) is 0 Å². The SMILES string of the molecule is CCCCCCC/C=C\C/C=C\C/C=C\CCCCCCCCC(=O)NC(COC1OC(CO)C(OC2OC(CO)C(OC3OC(CO)C(O)C(O)C3O)C(O)C2O)C(O)C1O)C(O)CCCCCCCCCCCCCCCCCCCCCCCCCCCCCCC. The molecule has 0 aromatic heterocycles. The van der Waals surface area contributed by atoms with Crippen LogP contribution >= 0.6 is 0 Å². The van der Waals surface area contributed by atoms with Gasteiger partial charge in [-0.15, -0.1) is 0 Å². The van der Waals surface area contributed by atoms with Gasteiger partial charge in [0.25, 0.3) is 0 Å². The number of hydrogen-bond donors (Lipinski definition) is 12. The summed E-state index contributed by atoms with van der Waals surface area (Å²) in [7, 11) is 0. The first-order chi connectivity index (χ1) is 46.3. The molecule has 1 amide bonds. The van der Waals surface area contributed by atoms with E-state index in [-0.39, 0.29) is 18.9 Å². The third-order valence-corrected chi connectivity index (χ3v) is 19.5. The highest BCUT2D eigenvalue weighted by molar-refractivity contribution is 5.76. The molecule has 0 spiro atoms. The third-order valence-electron chi connectivity index (χ3n) is 19.5. The molecule has 95 heavy (non-hydrogen) atoms. The molecule has 17 atom stereocenters. The molecule has 558 valence electrons. The summed E-state index contributed by atoms with van der Waals surface area (Å²) in [5.41, 5.74) is 0. The molecule has 19 heteroatoms. The van der Waals surface area contributed by atoms with Gasteiger partial charge in [0.2, 0.25) is 5.91 Å². The second-order valence-corrected chi connectivity index (χ2v) is 27.8. The Kier molecular flexibility index (Phi) is 52.9. The Morgan fingerprint density at radius 1 is 0.379 bits per heavy atom. The van der Waals surface area contributed by atoms with E-state index in [2.05, 4.69) is 55.6 Å². The Morgan fingerprint density at radius 2 is 0.695 bits per heavy atom. The molecule has 0 bridgehead atoms. The van der Waals surface area contributed by atoms with Gasteiger partial charge >= 0.3 is 0 Å². The van der Waals surface area contributed by atoms with Crippen molar-refractivity contribution in [2.45, 2.75) is 413 Å². The Balaban J connectivity index is 1.39. The average molecular weight is 1360 g/mol. The molecule has 0 radical (unpaired) electrons. The summed E-state index contributed by atoms with van der Waals surface area (Å²) < 4.78 is 34.5. The molecular formula is C76H141NO18. The van der Waals surface area contributed by atoms with Crippen LogP contribution in [0.15, 0.2) is 36.5 Å². The maximum atomic E-state index is 13.5. The molecule has 3 aliphatic heterocycles. The number of aliphatic hydroxyl groups is 11. The molecule has 0 aromatic rings. The first-order valence-electron chi connectivity index (χ1n) is 38.7. The Morgan fingerprint density at radius 3 is 1.08 bits per heavy atom. The number of rotatable bonds is 61. The van der Waals surface area contributed by atoms with Crippen molar-refractivity contribution in [2.24, 2.45) is 0 Å². The van der Waals surface area contributed by atoms with E-state index in [9.17, 15) is 61.0 Å². The first kappa shape index (κ1) is 87.2. The smallest absolute Gasteiger partial charge is 0.220 e. The number of nitrogens with one attached hydrogen (secondary N) is 1. The molecule has 0 aromatic carbocycles. The largest absolute Gasteiger partial charge is 0.394 e. The van der Waals surface area contributed by atoms with Crippen LogP contribution in [0.25, 0.3) is 0 Å². The number of carbonyl (C=O) groups is 1. The molecule has 3 aliphatic rings. The van der Waals surface area contributed by atoms with Crippen molar-refractivity contribution in [1.82, 2.24) is 5.32 Å². The minimum absolute atomic E-state index is 0.252. The molecule has 0 saturated carbocycles. The van der Waals surface area contributed by atoms with Gasteiger partial charge in [0.1, 0.15) is 73.2 Å². The van der Waals surface area contributed by atoms with E-state index in [4.69, 9.17) is 28.4 Å². The van der Waals surface area contributed by atoms with Crippen molar-refractivity contribution in [1.29, 1.82) is 0 Å². The van der Waals surface area contributed by atoms with Crippen LogP contribution in [0.5, 0.6) is 0 Å². The van der Waals surface area contributed by atoms with Crippen LogP contribution in [0.4, 0.5) is 0 Å². The maximum Gasteiger partial charge on any atom is 0.220 e. The summed E-state index contributed by atoms with van der Waals surface area (Å²) in [6.07, 6.45) is 42.3. The molecule has 12 N–H and O–H groups in total. The zero-order valence-corrected chi connectivity index (χ0v) is 59.4. The van der Waals surface area contributed by atoms with Gasteiger partial charge in [-0.1, -0.05) is 288 Å². The number of aliphatic hydroxyl groups excluding tert-OH is 11. The van der Waals surface area contributed by atoms with Crippen LogP contribution in [-0.4, -0.2) is 193 Å². The third kappa shape index (κ3) is 38.6. The Hall–Kier alpha value is -1.99. The molecular weight excluding hydrogens is 1210 g/mol. The normalized spacial score (nSPS) is 27.4. The summed E-state index contributed by atoms with van der Waals surface area (Å²) in [5, 5.41) is 121. The predicted molar refractivity (Wildman–Crippen MR) is 374 cm³/mol. The Labute approximate surface area is 574 Å². The highest BCUT2D eigenvalue weighted by Crippen LogP contribution is 2.33. The van der Waals surface area contributed by atoms with Crippen molar-refractivity contribution in [2.75, 3.05) is 26.4 Å². The van der Waals surface area contributed by atoms with Gasteiger partial charge < -0.3 is 89.9 Å². The van der Waals surface area contributed by atoms with Crippen molar-refractivity contribution in [3.05, 3.63) is 36.5 Å². The minimum Gasteiger partial charge on any atom is -0.394 e. The first-order valence-corrected chi connectivity index (χ1v) is 38.7. The summed E-state index contributed by atoms with van der Waals surface area (Å²) in [6, 6.07) is -0.896. The van der Waals surface area contributed by atoms with E-state index >= 15 is 0 Å². The average Bonchev–Trinajstić information content (AvgIpc) is 0.787. The van der Waals surface area contributed by atoms with E-state index in [0.717, 1.165) is 77.0 Å². The van der Waals surface area contributed by atoms with Crippen LogP contribution in [0, 0.1) is 0 Å². The lowest BCUT2D eigenvalue weighted by molar-refractivity contribution is -0.379. The number of hydrogen-bond acceptors (Lipinski definition) is 18. The number of ether oxygens (including phenoxy) is 6. The highest BCUT2D eigenvalue weighted by Gasteiger charge is 2.54. The van der Waals surface area contributed by atoms with Crippen LogP contribution in [0.1, 0.15) is 309 Å². The second-order valence-electron chi connectivity index (χ2n) is 27.8. The molecule has 19 nitrogen and oxygen atoms in total. The number of unbranched alkanes of at least 4 members (excludes halogenated alkanes) is 39. The van der Waals surface area contributed by atoms with Crippen molar-refractivity contribution >= 4 is 5.91 Å². The Bertz CT molecular complexity index is 1860. The van der Waals surface area contributed by atoms with Crippen molar-refractivity contribution < 1.29 is 89.4 Å². The van der Waals surface area contributed by atoms with Crippen LogP contribution in [0.2, 0.25) is 0 Å². The lowest BCUT2D eigenvalue weighted by Gasteiger charge is -2.48. The molecule has 3 rings (SSSR count). The van der Waals surface area contributed by atoms with Crippen LogP contribution < -0.4 is 5.32 Å². The van der Waals surface area contributed by atoms with Gasteiger partial charge in [0, 0.05) is 6.42 Å². The van der Waals surface area contributed by atoms with Gasteiger partial charge in [-0.2, -0.15) is 0 Å². The lowest BCUT2D eigenvalue weighted by Crippen LogP contribution is -2.66. The van der Waals surface area contributed by atoms with E-state index in [1.165, 1.54) is 199 Å². The fourth-order valence-electron chi connectivity index (χ4n) is 13.2. The predicted octanol–water partition coefficient (Wildman–Crippen LogP) is 11.9. The minimum atomic E-state index is -1.97. The monoisotopic (exact) mass is 1360 g/mol. The zero-order valence-electron chi connectivity index (χ0n) is 59.4. The fourth-order valence-corrected chi connectivity index (χ4v) is 13.2. The summed E-state index contributed by atoms with van der Waals surface area (Å²) >= 11 is 0. The zero-order chi connectivity index (χ0) is 68.9. The van der Waals surface area contributed by atoms with E-state index in [0.29, 0.717) is 12.8 Å². The quantitative estimate of drug-likeness (QED) is 0.0199. The maximum absolute atomic E-state index is 13.5. The summed E-state index contributed by atoms with van der Waals surface area (Å²) in [5.74, 6) is -0.252. The molecule has 3 saturated heterocycles. The van der Waals surface area contributed by atoms with Crippen LogP contribution in [-0.2, 0) is 33.2 Å². The molecule has 17 unspecified atom stereocenters. The molecule has 3 fully saturated rings. The summed E-state index contributed by atoms with van der Waals surface area (Å²) in [4.78, 5) is 13.5. The van der Waals surface area contributed by atoms with Gasteiger partial charge in [-0.3, -0.25) is 4.79 Å². The molecule has 3 heterocycles. The fraction of sp³-hybridized carbons (Fsp3) is 0.908.